The maximum atomic E-state index is 12.2. The molecule has 0 aliphatic heterocycles. The molecule has 0 atom stereocenters. The van der Waals surface area contributed by atoms with Crippen LogP contribution < -0.4 is 15.4 Å². The Hall–Kier alpha value is -2.82. The van der Waals surface area contributed by atoms with Crippen molar-refractivity contribution in [2.75, 3.05) is 12.4 Å². The lowest BCUT2D eigenvalue weighted by Gasteiger charge is -2.10. The summed E-state index contributed by atoms with van der Waals surface area (Å²) < 4.78 is 5.55. The summed E-state index contributed by atoms with van der Waals surface area (Å²) in [4.78, 5) is 23.9. The molecule has 23 heavy (non-hydrogen) atoms. The Morgan fingerprint density at radius 1 is 0.957 bits per heavy atom. The summed E-state index contributed by atoms with van der Waals surface area (Å²) in [7, 11) is 1.56. The number of nitrogens with one attached hydrogen (secondary N) is 2. The maximum absolute atomic E-state index is 12.2. The van der Waals surface area contributed by atoms with E-state index in [0.717, 1.165) is 5.75 Å². The highest BCUT2D eigenvalue weighted by Crippen LogP contribution is 2.16. The third-order valence-corrected chi connectivity index (χ3v) is 3.10. The van der Waals surface area contributed by atoms with Crippen molar-refractivity contribution in [1.29, 1.82) is 0 Å². The van der Waals surface area contributed by atoms with Gasteiger partial charge in [-0.2, -0.15) is 0 Å². The smallest absolute Gasteiger partial charge is 0.255 e. The Morgan fingerprint density at radius 3 is 2.26 bits per heavy atom. The van der Waals surface area contributed by atoms with E-state index in [-0.39, 0.29) is 17.9 Å². The fourth-order valence-electron chi connectivity index (χ4n) is 2.04. The van der Waals surface area contributed by atoms with Crippen LogP contribution in [0.4, 0.5) is 5.69 Å². The number of hydrogen-bond donors (Lipinski definition) is 2. The van der Waals surface area contributed by atoms with Gasteiger partial charge in [-0.3, -0.25) is 9.59 Å². The highest BCUT2D eigenvalue weighted by atomic mass is 16.5. The van der Waals surface area contributed by atoms with Gasteiger partial charge in [0.1, 0.15) is 5.75 Å². The van der Waals surface area contributed by atoms with Gasteiger partial charge in [-0.05, 0) is 56.3 Å². The molecule has 0 spiro atoms. The fraction of sp³-hybridized carbons (Fsp3) is 0.222. The van der Waals surface area contributed by atoms with Crippen LogP contribution in [0.5, 0.6) is 5.75 Å². The van der Waals surface area contributed by atoms with Gasteiger partial charge in [0, 0.05) is 23.9 Å². The lowest BCUT2D eigenvalue weighted by atomic mass is 10.1. The summed E-state index contributed by atoms with van der Waals surface area (Å²) in [5, 5.41) is 5.33. The van der Waals surface area contributed by atoms with Gasteiger partial charge >= 0.3 is 0 Å². The van der Waals surface area contributed by atoms with Crippen molar-refractivity contribution in [3.05, 3.63) is 59.7 Å². The van der Waals surface area contributed by atoms with E-state index >= 15 is 0 Å². The van der Waals surface area contributed by atoms with E-state index in [2.05, 4.69) is 10.6 Å². The van der Waals surface area contributed by atoms with Gasteiger partial charge in [0.2, 0.25) is 0 Å². The number of amides is 2. The van der Waals surface area contributed by atoms with Crippen molar-refractivity contribution < 1.29 is 14.3 Å². The largest absolute Gasteiger partial charge is 0.491 e. The summed E-state index contributed by atoms with van der Waals surface area (Å²) in [6.45, 7) is 3.89. The van der Waals surface area contributed by atoms with Crippen LogP contribution in [0.25, 0.3) is 0 Å². The number of hydrogen-bond acceptors (Lipinski definition) is 3. The molecule has 2 aromatic carbocycles. The van der Waals surface area contributed by atoms with Crippen LogP contribution in [0.15, 0.2) is 48.5 Å². The van der Waals surface area contributed by atoms with Crippen molar-refractivity contribution in [3.63, 3.8) is 0 Å². The van der Waals surface area contributed by atoms with Crippen LogP contribution in [0.1, 0.15) is 34.6 Å². The van der Waals surface area contributed by atoms with E-state index in [0.29, 0.717) is 16.8 Å². The number of carbonyl (C=O) groups excluding carboxylic acids is 2. The molecule has 0 bridgehead atoms. The van der Waals surface area contributed by atoms with Crippen LogP contribution in [0.2, 0.25) is 0 Å². The van der Waals surface area contributed by atoms with Crippen LogP contribution in [0.3, 0.4) is 0 Å². The normalized spacial score (nSPS) is 10.3. The molecule has 0 aliphatic carbocycles. The average Bonchev–Trinajstić information content (AvgIpc) is 2.54. The Labute approximate surface area is 135 Å². The minimum Gasteiger partial charge on any atom is -0.491 e. The maximum Gasteiger partial charge on any atom is 0.255 e. The van der Waals surface area contributed by atoms with Gasteiger partial charge in [-0.25, -0.2) is 0 Å². The summed E-state index contributed by atoms with van der Waals surface area (Å²) in [6.07, 6.45) is 0.0853. The standard InChI is InChI=1S/C18H20N2O3/c1-12(2)23-16-9-7-13(8-10-16)18(22)20-15-6-4-5-14(11-15)17(21)19-3/h4-12H,1-3H3,(H,19,21)(H,20,22). The zero-order chi connectivity index (χ0) is 16.8. The van der Waals surface area contributed by atoms with Gasteiger partial charge in [0.15, 0.2) is 0 Å². The highest BCUT2D eigenvalue weighted by molar-refractivity contribution is 6.05. The van der Waals surface area contributed by atoms with Gasteiger partial charge in [0.25, 0.3) is 11.8 Å². The lowest BCUT2D eigenvalue weighted by molar-refractivity contribution is 0.0961. The first-order valence-electron chi connectivity index (χ1n) is 7.40. The molecule has 2 N–H and O–H groups in total. The van der Waals surface area contributed by atoms with E-state index in [4.69, 9.17) is 4.74 Å². The van der Waals surface area contributed by atoms with Gasteiger partial charge in [-0.15, -0.1) is 0 Å². The average molecular weight is 312 g/mol. The number of rotatable bonds is 5. The van der Waals surface area contributed by atoms with E-state index < -0.39 is 0 Å². The van der Waals surface area contributed by atoms with Crippen molar-refractivity contribution in [2.24, 2.45) is 0 Å². The Bertz CT molecular complexity index is 694. The third-order valence-electron chi connectivity index (χ3n) is 3.10. The van der Waals surface area contributed by atoms with Crippen LogP contribution in [-0.4, -0.2) is 25.0 Å². The number of benzene rings is 2. The van der Waals surface area contributed by atoms with Crippen LogP contribution in [-0.2, 0) is 0 Å². The molecule has 0 saturated carbocycles. The first-order chi connectivity index (χ1) is 11.0. The molecule has 120 valence electrons. The second-order valence-electron chi connectivity index (χ2n) is 5.31. The van der Waals surface area contributed by atoms with Crippen molar-refractivity contribution in [3.8, 4) is 5.75 Å². The Kier molecular flexibility index (Phi) is 5.36. The highest BCUT2D eigenvalue weighted by Gasteiger charge is 2.09. The second kappa shape index (κ2) is 7.45. The van der Waals surface area contributed by atoms with Crippen molar-refractivity contribution in [2.45, 2.75) is 20.0 Å². The summed E-state index contributed by atoms with van der Waals surface area (Å²) >= 11 is 0. The fourth-order valence-corrected chi connectivity index (χ4v) is 2.04. The predicted octanol–water partition coefficient (Wildman–Crippen LogP) is 3.09. The topological polar surface area (TPSA) is 67.4 Å². The first kappa shape index (κ1) is 16.5. The molecule has 0 saturated heterocycles. The third kappa shape index (κ3) is 4.57. The number of anilines is 1. The zero-order valence-corrected chi connectivity index (χ0v) is 13.4. The van der Waals surface area contributed by atoms with Crippen molar-refractivity contribution >= 4 is 17.5 Å². The molecule has 0 aliphatic rings. The molecular formula is C18H20N2O3. The summed E-state index contributed by atoms with van der Waals surface area (Å²) in [5.74, 6) is 0.282. The van der Waals surface area contributed by atoms with Crippen LogP contribution >= 0.6 is 0 Å². The Morgan fingerprint density at radius 2 is 1.65 bits per heavy atom. The number of ether oxygens (including phenoxy) is 1. The Balaban J connectivity index is 2.08. The molecule has 5 heteroatoms. The van der Waals surface area contributed by atoms with E-state index in [1.807, 2.05) is 13.8 Å². The molecule has 0 aromatic heterocycles. The lowest BCUT2D eigenvalue weighted by Crippen LogP contribution is -2.18. The van der Waals surface area contributed by atoms with E-state index in [1.54, 1.807) is 55.6 Å². The minimum absolute atomic E-state index is 0.0853. The summed E-state index contributed by atoms with van der Waals surface area (Å²) in [5.41, 5.74) is 1.58. The quantitative estimate of drug-likeness (QED) is 0.891. The van der Waals surface area contributed by atoms with Gasteiger partial charge in [-0.1, -0.05) is 6.07 Å². The molecule has 0 heterocycles. The molecular weight excluding hydrogens is 292 g/mol. The monoisotopic (exact) mass is 312 g/mol. The number of carbonyl (C=O) groups is 2. The SMILES string of the molecule is CNC(=O)c1cccc(NC(=O)c2ccc(OC(C)C)cc2)c1. The van der Waals surface area contributed by atoms with E-state index in [9.17, 15) is 9.59 Å². The van der Waals surface area contributed by atoms with Crippen molar-refractivity contribution in [1.82, 2.24) is 5.32 Å². The molecule has 2 aromatic rings. The molecule has 2 amide bonds. The second-order valence-corrected chi connectivity index (χ2v) is 5.31. The minimum atomic E-state index is -0.241. The van der Waals surface area contributed by atoms with E-state index in [1.165, 1.54) is 0 Å². The molecule has 0 fully saturated rings. The molecule has 2 rings (SSSR count). The first-order valence-corrected chi connectivity index (χ1v) is 7.40. The van der Waals surface area contributed by atoms with Gasteiger partial charge in [0.05, 0.1) is 6.10 Å². The van der Waals surface area contributed by atoms with Gasteiger partial charge < -0.3 is 15.4 Å². The molecule has 5 nitrogen and oxygen atoms in total. The molecule has 0 unspecified atom stereocenters. The summed E-state index contributed by atoms with van der Waals surface area (Å²) in [6, 6.07) is 13.7. The predicted molar refractivity (Wildman–Crippen MR) is 90.0 cm³/mol. The zero-order valence-electron chi connectivity index (χ0n) is 13.4. The molecule has 0 radical (unpaired) electrons. The van der Waals surface area contributed by atoms with Crippen LogP contribution in [0, 0.1) is 0 Å².